The van der Waals surface area contributed by atoms with Crippen molar-refractivity contribution in [3.05, 3.63) is 53.7 Å². The largest absolute Gasteiger partial charge is 0.390 e. The Morgan fingerprint density at radius 1 is 1.11 bits per heavy atom. The molecule has 142 valence electrons. The Labute approximate surface area is 160 Å². The molecule has 0 spiro atoms. The van der Waals surface area contributed by atoms with E-state index in [2.05, 4.69) is 9.88 Å². The van der Waals surface area contributed by atoms with Gasteiger partial charge >= 0.3 is 0 Å². The van der Waals surface area contributed by atoms with Gasteiger partial charge in [0.25, 0.3) is 5.91 Å². The fraction of sp³-hybridized carbons (Fsp3) is 0.455. The molecular weight excluding hydrogens is 338 g/mol. The summed E-state index contributed by atoms with van der Waals surface area (Å²) in [5, 5.41) is 10.5. The maximum absolute atomic E-state index is 13.0. The number of piperidine rings is 1. The van der Waals surface area contributed by atoms with Crippen LogP contribution in [0.15, 0.2) is 42.6 Å². The number of aryl methyl sites for hydroxylation is 1. The van der Waals surface area contributed by atoms with Gasteiger partial charge in [-0.05, 0) is 56.6 Å². The summed E-state index contributed by atoms with van der Waals surface area (Å²) >= 11 is 0. The van der Waals surface area contributed by atoms with E-state index in [9.17, 15) is 9.90 Å². The van der Waals surface area contributed by atoms with E-state index in [1.807, 2.05) is 49.5 Å². The average Bonchev–Trinajstić information content (AvgIpc) is 3.10. The topological polar surface area (TPSA) is 56.7 Å². The molecule has 27 heavy (non-hydrogen) atoms. The smallest absolute Gasteiger partial charge is 0.254 e. The van der Waals surface area contributed by atoms with Crippen LogP contribution in [-0.2, 0) is 0 Å². The van der Waals surface area contributed by atoms with Crippen LogP contribution in [0, 0.1) is 6.92 Å². The maximum Gasteiger partial charge on any atom is 0.254 e. The Hall–Kier alpha value is -2.24. The number of aliphatic hydroxyl groups excluding tert-OH is 1. The van der Waals surface area contributed by atoms with Crippen molar-refractivity contribution >= 4 is 5.91 Å². The van der Waals surface area contributed by atoms with Crippen molar-refractivity contribution in [3.63, 3.8) is 0 Å². The molecule has 2 fully saturated rings. The number of amides is 1. The van der Waals surface area contributed by atoms with E-state index >= 15 is 0 Å². The minimum Gasteiger partial charge on any atom is -0.390 e. The second kappa shape index (κ2) is 7.79. The molecule has 0 radical (unpaired) electrons. The molecule has 2 saturated heterocycles. The summed E-state index contributed by atoms with van der Waals surface area (Å²) < 4.78 is 0. The summed E-state index contributed by atoms with van der Waals surface area (Å²) in [5.41, 5.74) is 3.57. The summed E-state index contributed by atoms with van der Waals surface area (Å²) in [4.78, 5) is 21.6. The van der Waals surface area contributed by atoms with Gasteiger partial charge < -0.3 is 10.0 Å². The number of rotatable bonds is 3. The molecule has 4 rings (SSSR count). The predicted molar refractivity (Wildman–Crippen MR) is 106 cm³/mol. The molecule has 5 heteroatoms. The number of likely N-dealkylation sites (tertiary alicyclic amines) is 2. The molecule has 2 aliphatic rings. The highest BCUT2D eigenvalue weighted by molar-refractivity contribution is 5.95. The molecule has 0 unspecified atom stereocenters. The van der Waals surface area contributed by atoms with Crippen LogP contribution in [0.25, 0.3) is 11.3 Å². The molecule has 3 heterocycles. The lowest BCUT2D eigenvalue weighted by atomic mass is 10.1. The van der Waals surface area contributed by atoms with Crippen molar-refractivity contribution in [2.75, 3.05) is 26.2 Å². The van der Waals surface area contributed by atoms with Gasteiger partial charge in [-0.1, -0.05) is 24.6 Å². The molecule has 0 saturated carbocycles. The van der Waals surface area contributed by atoms with E-state index in [4.69, 9.17) is 0 Å². The number of benzene rings is 1. The maximum atomic E-state index is 13.0. The molecule has 1 aromatic carbocycles. The first-order valence-corrected chi connectivity index (χ1v) is 9.86. The van der Waals surface area contributed by atoms with E-state index in [1.165, 1.54) is 19.3 Å². The minimum atomic E-state index is -0.464. The van der Waals surface area contributed by atoms with Crippen LogP contribution in [0.1, 0.15) is 35.2 Å². The Balaban J connectivity index is 1.49. The number of hydrogen-bond acceptors (Lipinski definition) is 4. The second-order valence-corrected chi connectivity index (χ2v) is 7.74. The minimum absolute atomic E-state index is 0.0116. The average molecular weight is 365 g/mol. The van der Waals surface area contributed by atoms with Gasteiger partial charge in [0.2, 0.25) is 0 Å². The standard InChI is InChI=1S/C22H27N3O2/c1-16-8-9-19(23-13-16)17-6-5-7-18(12-17)22(27)25-14-20(21(26)15-25)24-10-3-2-4-11-24/h5-9,12-13,20-21,26H,2-4,10-11,14-15H2,1H3/t20-,21-/m0/s1. The molecule has 0 aliphatic carbocycles. The zero-order valence-electron chi connectivity index (χ0n) is 15.8. The Bertz CT molecular complexity index is 799. The second-order valence-electron chi connectivity index (χ2n) is 7.74. The van der Waals surface area contributed by atoms with Crippen LogP contribution in [0.3, 0.4) is 0 Å². The summed E-state index contributed by atoms with van der Waals surface area (Å²) in [6.45, 7) is 5.07. The van der Waals surface area contributed by atoms with Crippen molar-refractivity contribution in [1.82, 2.24) is 14.8 Å². The molecule has 2 atom stereocenters. The summed E-state index contributed by atoms with van der Waals surface area (Å²) in [5.74, 6) is -0.0116. The highest BCUT2D eigenvalue weighted by Crippen LogP contribution is 2.24. The van der Waals surface area contributed by atoms with Crippen LogP contribution < -0.4 is 0 Å². The first-order chi connectivity index (χ1) is 13.1. The number of carbonyl (C=O) groups excluding carboxylic acids is 1. The summed E-state index contributed by atoms with van der Waals surface area (Å²) in [6.07, 6.45) is 5.01. The number of aliphatic hydroxyl groups is 1. The number of hydrogen-bond donors (Lipinski definition) is 1. The number of pyridine rings is 1. The van der Waals surface area contributed by atoms with Gasteiger partial charge in [-0.3, -0.25) is 14.7 Å². The number of nitrogens with zero attached hydrogens (tertiary/aromatic N) is 3. The van der Waals surface area contributed by atoms with Crippen LogP contribution in [0.5, 0.6) is 0 Å². The Morgan fingerprint density at radius 2 is 1.93 bits per heavy atom. The van der Waals surface area contributed by atoms with Crippen LogP contribution in [0.2, 0.25) is 0 Å². The first-order valence-electron chi connectivity index (χ1n) is 9.86. The summed E-state index contributed by atoms with van der Waals surface area (Å²) in [7, 11) is 0. The zero-order valence-corrected chi connectivity index (χ0v) is 15.8. The van der Waals surface area contributed by atoms with E-state index in [0.29, 0.717) is 18.7 Å². The van der Waals surface area contributed by atoms with Crippen LogP contribution >= 0.6 is 0 Å². The van der Waals surface area contributed by atoms with Gasteiger partial charge in [-0.15, -0.1) is 0 Å². The van der Waals surface area contributed by atoms with Gasteiger partial charge in [0.05, 0.1) is 17.8 Å². The number of carbonyl (C=O) groups is 1. The molecule has 5 nitrogen and oxygen atoms in total. The van der Waals surface area contributed by atoms with Crippen LogP contribution in [0.4, 0.5) is 0 Å². The third-order valence-corrected chi connectivity index (χ3v) is 5.72. The molecule has 1 aromatic heterocycles. The zero-order chi connectivity index (χ0) is 18.8. The summed E-state index contributed by atoms with van der Waals surface area (Å²) in [6, 6.07) is 11.7. The lowest BCUT2D eigenvalue weighted by molar-refractivity contribution is 0.0702. The molecule has 0 bridgehead atoms. The number of β-amino-alcohol motifs (C(OH)–C–C–N with tert-alkyl or cyclic N) is 1. The molecule has 1 N–H and O–H groups in total. The van der Waals surface area contributed by atoms with Gasteiger partial charge in [-0.25, -0.2) is 0 Å². The Kier molecular flexibility index (Phi) is 5.23. The molecule has 2 aromatic rings. The third-order valence-electron chi connectivity index (χ3n) is 5.72. The highest BCUT2D eigenvalue weighted by Gasteiger charge is 2.38. The normalized spacial score (nSPS) is 23.6. The fourth-order valence-electron chi connectivity index (χ4n) is 4.18. The monoisotopic (exact) mass is 365 g/mol. The quantitative estimate of drug-likeness (QED) is 0.909. The molecule has 1 amide bonds. The fourth-order valence-corrected chi connectivity index (χ4v) is 4.18. The van der Waals surface area contributed by atoms with Crippen molar-refractivity contribution in [2.45, 2.75) is 38.3 Å². The van der Waals surface area contributed by atoms with Gasteiger partial charge in [0.15, 0.2) is 0 Å². The van der Waals surface area contributed by atoms with E-state index < -0.39 is 6.10 Å². The van der Waals surface area contributed by atoms with Gasteiger partial charge in [0.1, 0.15) is 0 Å². The van der Waals surface area contributed by atoms with Crippen molar-refractivity contribution < 1.29 is 9.90 Å². The SMILES string of the molecule is Cc1ccc(-c2cccc(C(=O)N3C[C@H](O)[C@@H](N4CCCCC4)C3)c2)nc1. The lowest BCUT2D eigenvalue weighted by Crippen LogP contribution is -2.46. The van der Waals surface area contributed by atoms with E-state index in [0.717, 1.165) is 29.9 Å². The lowest BCUT2D eigenvalue weighted by Gasteiger charge is -2.33. The van der Waals surface area contributed by atoms with E-state index in [1.54, 1.807) is 4.90 Å². The van der Waals surface area contributed by atoms with Crippen LogP contribution in [-0.4, -0.2) is 64.1 Å². The van der Waals surface area contributed by atoms with Gasteiger partial charge in [0, 0.05) is 30.4 Å². The molecular formula is C22H27N3O2. The third kappa shape index (κ3) is 3.89. The predicted octanol–water partition coefficient (Wildman–Crippen LogP) is 2.73. The first kappa shape index (κ1) is 18.1. The van der Waals surface area contributed by atoms with Crippen molar-refractivity contribution in [1.29, 1.82) is 0 Å². The van der Waals surface area contributed by atoms with Crippen molar-refractivity contribution in [2.24, 2.45) is 0 Å². The van der Waals surface area contributed by atoms with E-state index in [-0.39, 0.29) is 11.9 Å². The van der Waals surface area contributed by atoms with Gasteiger partial charge in [-0.2, -0.15) is 0 Å². The Morgan fingerprint density at radius 3 is 2.67 bits per heavy atom. The number of aromatic nitrogens is 1. The van der Waals surface area contributed by atoms with Crippen molar-refractivity contribution in [3.8, 4) is 11.3 Å². The molecule has 2 aliphatic heterocycles. The highest BCUT2D eigenvalue weighted by atomic mass is 16.3.